The summed E-state index contributed by atoms with van der Waals surface area (Å²) < 4.78 is 5.77. The number of hydrogen-bond donors (Lipinski definition) is 2. The van der Waals surface area contributed by atoms with Gasteiger partial charge in [0, 0.05) is 17.9 Å². The molecule has 2 rings (SSSR count). The third-order valence-electron chi connectivity index (χ3n) is 2.79. The number of aliphatic hydroxyl groups is 1. The van der Waals surface area contributed by atoms with Gasteiger partial charge in [-0.15, -0.1) is 0 Å². The Kier molecular flexibility index (Phi) is 4.20. The lowest BCUT2D eigenvalue weighted by molar-refractivity contribution is 0.284. The molecular formula is C15H17NO2. The lowest BCUT2D eigenvalue weighted by Gasteiger charge is -2.11. The van der Waals surface area contributed by atoms with Crippen molar-refractivity contribution < 1.29 is 9.84 Å². The van der Waals surface area contributed by atoms with E-state index in [1.165, 1.54) is 0 Å². The standard InChI is InChI=1S/C15H17NO2/c16-14-7-3-1-6-13(14)11-18-15-8-4-2-5-12(15)9-10-17/h1-8,17H,9-11,16H2. The van der Waals surface area contributed by atoms with Gasteiger partial charge in [0.25, 0.3) is 0 Å². The third-order valence-corrected chi connectivity index (χ3v) is 2.79. The van der Waals surface area contributed by atoms with Crippen molar-refractivity contribution in [3.8, 4) is 5.75 Å². The van der Waals surface area contributed by atoms with E-state index in [1.54, 1.807) is 0 Å². The topological polar surface area (TPSA) is 55.5 Å². The van der Waals surface area contributed by atoms with Crippen LogP contribution in [0.1, 0.15) is 11.1 Å². The molecule has 0 fully saturated rings. The monoisotopic (exact) mass is 243 g/mol. The first-order valence-electron chi connectivity index (χ1n) is 5.96. The van der Waals surface area contributed by atoms with Crippen molar-refractivity contribution >= 4 is 5.69 Å². The molecule has 3 nitrogen and oxygen atoms in total. The Hall–Kier alpha value is -2.00. The van der Waals surface area contributed by atoms with Gasteiger partial charge in [-0.3, -0.25) is 0 Å². The summed E-state index contributed by atoms with van der Waals surface area (Å²) in [5.74, 6) is 0.801. The SMILES string of the molecule is Nc1ccccc1COc1ccccc1CCO. The first-order chi connectivity index (χ1) is 8.81. The molecule has 0 spiro atoms. The highest BCUT2D eigenvalue weighted by molar-refractivity contribution is 5.46. The third kappa shape index (κ3) is 3.02. The lowest BCUT2D eigenvalue weighted by Crippen LogP contribution is -2.02. The molecule has 0 bridgehead atoms. The largest absolute Gasteiger partial charge is 0.489 e. The fraction of sp³-hybridized carbons (Fsp3) is 0.200. The number of benzene rings is 2. The maximum atomic E-state index is 9.00. The molecule has 0 radical (unpaired) electrons. The second-order valence-electron chi connectivity index (χ2n) is 4.07. The zero-order chi connectivity index (χ0) is 12.8. The number of hydrogen-bond acceptors (Lipinski definition) is 3. The first kappa shape index (κ1) is 12.5. The summed E-state index contributed by atoms with van der Waals surface area (Å²) in [7, 11) is 0. The van der Waals surface area contributed by atoms with Gasteiger partial charge in [0.2, 0.25) is 0 Å². The number of ether oxygens (including phenoxy) is 1. The van der Waals surface area contributed by atoms with Crippen LogP contribution in [0, 0.1) is 0 Å². The quantitative estimate of drug-likeness (QED) is 0.793. The van der Waals surface area contributed by atoms with Crippen LogP contribution in [0.4, 0.5) is 5.69 Å². The Morgan fingerprint density at radius 3 is 2.33 bits per heavy atom. The van der Waals surface area contributed by atoms with Crippen molar-refractivity contribution in [3.05, 3.63) is 59.7 Å². The number of aliphatic hydroxyl groups excluding tert-OH is 1. The summed E-state index contributed by atoms with van der Waals surface area (Å²) in [6, 6.07) is 15.4. The van der Waals surface area contributed by atoms with Crippen LogP contribution in [0.25, 0.3) is 0 Å². The van der Waals surface area contributed by atoms with Crippen LogP contribution >= 0.6 is 0 Å². The summed E-state index contributed by atoms with van der Waals surface area (Å²) in [6.07, 6.45) is 0.598. The smallest absolute Gasteiger partial charge is 0.123 e. The van der Waals surface area contributed by atoms with E-state index in [4.69, 9.17) is 15.6 Å². The number of nitrogens with two attached hydrogens (primary N) is 1. The average Bonchev–Trinajstić information content (AvgIpc) is 2.40. The van der Waals surface area contributed by atoms with Crippen molar-refractivity contribution in [1.82, 2.24) is 0 Å². The molecule has 0 unspecified atom stereocenters. The van der Waals surface area contributed by atoms with Gasteiger partial charge in [0.1, 0.15) is 12.4 Å². The van der Waals surface area contributed by atoms with Crippen LogP contribution in [-0.2, 0) is 13.0 Å². The van der Waals surface area contributed by atoms with Crippen molar-refractivity contribution in [2.45, 2.75) is 13.0 Å². The Labute approximate surface area is 107 Å². The van der Waals surface area contributed by atoms with E-state index < -0.39 is 0 Å². The number of nitrogen functional groups attached to an aromatic ring is 1. The second kappa shape index (κ2) is 6.07. The van der Waals surface area contributed by atoms with Crippen LogP contribution in [0.5, 0.6) is 5.75 Å². The van der Waals surface area contributed by atoms with Gasteiger partial charge >= 0.3 is 0 Å². The van der Waals surface area contributed by atoms with Gasteiger partial charge in [-0.05, 0) is 24.1 Å². The maximum Gasteiger partial charge on any atom is 0.123 e. The predicted octanol–water partition coefficient (Wildman–Crippen LogP) is 2.38. The Bertz CT molecular complexity index is 511. The fourth-order valence-corrected chi connectivity index (χ4v) is 1.79. The molecule has 0 aromatic heterocycles. The maximum absolute atomic E-state index is 9.00. The Morgan fingerprint density at radius 2 is 1.61 bits per heavy atom. The highest BCUT2D eigenvalue weighted by atomic mass is 16.5. The van der Waals surface area contributed by atoms with Gasteiger partial charge < -0.3 is 15.6 Å². The number of para-hydroxylation sites is 2. The molecule has 2 aromatic rings. The zero-order valence-electron chi connectivity index (χ0n) is 10.2. The summed E-state index contributed by atoms with van der Waals surface area (Å²) >= 11 is 0. The van der Waals surface area contributed by atoms with Crippen LogP contribution in [0.15, 0.2) is 48.5 Å². The summed E-state index contributed by atoms with van der Waals surface area (Å²) in [6.45, 7) is 0.558. The Morgan fingerprint density at radius 1 is 0.944 bits per heavy atom. The van der Waals surface area contributed by atoms with E-state index in [1.807, 2.05) is 48.5 Å². The van der Waals surface area contributed by atoms with E-state index in [2.05, 4.69) is 0 Å². The molecule has 18 heavy (non-hydrogen) atoms. The highest BCUT2D eigenvalue weighted by Crippen LogP contribution is 2.21. The van der Waals surface area contributed by atoms with Gasteiger partial charge in [-0.2, -0.15) is 0 Å². The zero-order valence-corrected chi connectivity index (χ0v) is 10.2. The van der Waals surface area contributed by atoms with Gasteiger partial charge in [0.15, 0.2) is 0 Å². The van der Waals surface area contributed by atoms with Crippen LogP contribution < -0.4 is 10.5 Å². The molecule has 0 saturated carbocycles. The van der Waals surface area contributed by atoms with Gasteiger partial charge in [0.05, 0.1) is 0 Å². The summed E-state index contributed by atoms with van der Waals surface area (Å²) in [5.41, 5.74) is 8.57. The van der Waals surface area contributed by atoms with Gasteiger partial charge in [-0.1, -0.05) is 36.4 Å². The minimum absolute atomic E-state index is 0.119. The molecule has 0 atom stereocenters. The average molecular weight is 243 g/mol. The molecule has 0 aliphatic carbocycles. The highest BCUT2D eigenvalue weighted by Gasteiger charge is 2.04. The molecule has 3 heteroatoms. The van der Waals surface area contributed by atoms with E-state index in [0.29, 0.717) is 13.0 Å². The van der Waals surface area contributed by atoms with E-state index >= 15 is 0 Å². The number of anilines is 1. The van der Waals surface area contributed by atoms with Gasteiger partial charge in [-0.25, -0.2) is 0 Å². The molecule has 94 valence electrons. The predicted molar refractivity (Wildman–Crippen MR) is 72.4 cm³/mol. The van der Waals surface area contributed by atoms with E-state index in [-0.39, 0.29) is 6.61 Å². The summed E-state index contributed by atoms with van der Waals surface area (Å²) in [4.78, 5) is 0. The molecule has 0 aliphatic rings. The molecule has 0 heterocycles. The molecule has 0 amide bonds. The van der Waals surface area contributed by atoms with Crippen LogP contribution in [-0.4, -0.2) is 11.7 Å². The van der Waals surface area contributed by atoms with Crippen molar-refractivity contribution in [2.24, 2.45) is 0 Å². The fourth-order valence-electron chi connectivity index (χ4n) is 1.79. The minimum Gasteiger partial charge on any atom is -0.489 e. The molecule has 3 N–H and O–H groups in total. The molecule has 2 aromatic carbocycles. The first-order valence-corrected chi connectivity index (χ1v) is 5.96. The minimum atomic E-state index is 0.119. The summed E-state index contributed by atoms with van der Waals surface area (Å²) in [5, 5.41) is 9.00. The molecule has 0 aliphatic heterocycles. The number of rotatable bonds is 5. The Balaban J connectivity index is 2.08. The van der Waals surface area contributed by atoms with Crippen molar-refractivity contribution in [1.29, 1.82) is 0 Å². The van der Waals surface area contributed by atoms with Crippen LogP contribution in [0.3, 0.4) is 0 Å². The van der Waals surface area contributed by atoms with E-state index in [0.717, 1.165) is 22.6 Å². The lowest BCUT2D eigenvalue weighted by atomic mass is 10.1. The second-order valence-corrected chi connectivity index (χ2v) is 4.07. The van der Waals surface area contributed by atoms with Crippen molar-refractivity contribution in [2.75, 3.05) is 12.3 Å². The molecule has 0 saturated heterocycles. The van der Waals surface area contributed by atoms with E-state index in [9.17, 15) is 0 Å². The normalized spacial score (nSPS) is 10.3. The van der Waals surface area contributed by atoms with Crippen LogP contribution in [0.2, 0.25) is 0 Å². The van der Waals surface area contributed by atoms with Crippen molar-refractivity contribution in [3.63, 3.8) is 0 Å². The molecular weight excluding hydrogens is 226 g/mol.